The predicted octanol–water partition coefficient (Wildman–Crippen LogP) is 7.51. The van der Waals surface area contributed by atoms with E-state index in [0.29, 0.717) is 6.42 Å². The Morgan fingerprint density at radius 1 is 0.867 bits per heavy atom. The zero-order valence-electron chi connectivity index (χ0n) is 24.9. The van der Waals surface area contributed by atoms with Crippen LogP contribution in [0.15, 0.2) is 112 Å². The van der Waals surface area contributed by atoms with Crippen LogP contribution in [0, 0.1) is 0 Å². The molecule has 4 aromatic rings. The Morgan fingerprint density at radius 2 is 1.51 bits per heavy atom. The Morgan fingerprint density at radius 3 is 2.16 bits per heavy atom. The fraction of sp³-hybridized carbons (Fsp3) is 0.235. The van der Waals surface area contributed by atoms with Gasteiger partial charge < -0.3 is 10.2 Å². The van der Waals surface area contributed by atoms with Crippen molar-refractivity contribution in [1.82, 2.24) is 10.2 Å². The van der Waals surface area contributed by atoms with Crippen molar-refractivity contribution in [1.29, 1.82) is 0 Å². The maximum atomic E-state index is 14.5. The molecule has 0 aliphatic rings. The highest BCUT2D eigenvalue weighted by molar-refractivity contribution is 9.10. The number of amides is 2. The van der Waals surface area contributed by atoms with Gasteiger partial charge in [-0.2, -0.15) is 0 Å². The van der Waals surface area contributed by atoms with E-state index >= 15 is 0 Å². The van der Waals surface area contributed by atoms with Gasteiger partial charge in [0.05, 0.1) is 15.6 Å². The van der Waals surface area contributed by atoms with Gasteiger partial charge in [0.2, 0.25) is 11.8 Å². The number of carbonyl (C=O) groups excluding carboxylic acids is 2. The summed E-state index contributed by atoms with van der Waals surface area (Å²) in [4.78, 5) is 29.9. The van der Waals surface area contributed by atoms with Crippen molar-refractivity contribution in [2.45, 2.75) is 50.2 Å². The van der Waals surface area contributed by atoms with Gasteiger partial charge in [-0.3, -0.25) is 13.9 Å². The van der Waals surface area contributed by atoms with Crippen molar-refractivity contribution >= 4 is 66.7 Å². The molecule has 0 saturated heterocycles. The first kappa shape index (κ1) is 34.5. The average molecular weight is 732 g/mol. The Bertz CT molecular complexity index is 1730. The molecule has 236 valence electrons. The molecule has 7 nitrogen and oxygen atoms in total. The summed E-state index contributed by atoms with van der Waals surface area (Å²) in [7, 11) is -4.29. The summed E-state index contributed by atoms with van der Waals surface area (Å²) in [5.41, 5.74) is 1.65. The molecule has 0 aliphatic carbocycles. The van der Waals surface area contributed by atoms with E-state index in [1.54, 1.807) is 18.2 Å². The average Bonchev–Trinajstić information content (AvgIpc) is 3.03. The summed E-state index contributed by atoms with van der Waals surface area (Å²) in [6, 6.07) is 27.9. The summed E-state index contributed by atoms with van der Waals surface area (Å²) in [6.07, 6.45) is 0.909. The Balaban J connectivity index is 1.83. The fourth-order valence-corrected chi connectivity index (χ4v) is 7.07. The van der Waals surface area contributed by atoms with Crippen LogP contribution < -0.4 is 9.62 Å². The van der Waals surface area contributed by atoms with Gasteiger partial charge in [-0.25, -0.2) is 8.42 Å². The van der Waals surface area contributed by atoms with Gasteiger partial charge >= 0.3 is 0 Å². The van der Waals surface area contributed by atoms with E-state index in [0.717, 1.165) is 19.9 Å². The van der Waals surface area contributed by atoms with Crippen molar-refractivity contribution < 1.29 is 18.0 Å². The predicted molar refractivity (Wildman–Crippen MR) is 184 cm³/mol. The lowest BCUT2D eigenvalue weighted by atomic mass is 10.0. The molecule has 0 bridgehead atoms. The molecule has 11 heteroatoms. The lowest BCUT2D eigenvalue weighted by Crippen LogP contribution is -2.54. The number of sulfonamides is 1. The first-order valence-electron chi connectivity index (χ1n) is 14.4. The zero-order valence-corrected chi connectivity index (χ0v) is 28.8. The molecule has 2 atom stereocenters. The minimum atomic E-state index is -4.29. The number of rotatable bonds is 13. The number of halogens is 3. The zero-order chi connectivity index (χ0) is 32.6. The summed E-state index contributed by atoms with van der Waals surface area (Å²) in [6.45, 7) is 3.27. The van der Waals surface area contributed by atoms with E-state index in [4.69, 9.17) is 23.2 Å². The standard InChI is InChI=1S/C34H34BrCl2N3O4S/c1-3-24(2)38-34(42)32(20-25-11-6-4-7-12-25)39(22-26-13-10-14-27(35)19-26)33(41)23-40(31-21-28(36)17-18-30(31)37)45(43,44)29-15-8-5-9-16-29/h4-19,21,24,32H,3,20,22-23H2,1-2H3,(H,38,42). The number of nitrogens with one attached hydrogen (secondary N) is 1. The second-order valence-corrected chi connectivity index (χ2v) is 14.2. The van der Waals surface area contributed by atoms with Gasteiger partial charge in [-0.1, -0.05) is 107 Å². The van der Waals surface area contributed by atoms with E-state index in [1.807, 2.05) is 68.4 Å². The Hall–Kier alpha value is -3.37. The monoisotopic (exact) mass is 729 g/mol. The van der Waals surface area contributed by atoms with Crippen LogP contribution in [0.4, 0.5) is 5.69 Å². The van der Waals surface area contributed by atoms with Gasteiger partial charge in [0.25, 0.3) is 10.0 Å². The van der Waals surface area contributed by atoms with Crippen LogP contribution in [0.3, 0.4) is 0 Å². The largest absolute Gasteiger partial charge is 0.352 e. The molecule has 0 saturated carbocycles. The van der Waals surface area contributed by atoms with Crippen LogP contribution in [0.1, 0.15) is 31.4 Å². The second kappa shape index (κ2) is 15.8. The SMILES string of the molecule is CCC(C)NC(=O)C(Cc1ccccc1)N(Cc1cccc(Br)c1)C(=O)CN(c1cc(Cl)ccc1Cl)S(=O)(=O)c1ccccc1. The van der Waals surface area contributed by atoms with E-state index in [2.05, 4.69) is 21.2 Å². The number of anilines is 1. The van der Waals surface area contributed by atoms with Crippen LogP contribution in [-0.2, 0) is 32.6 Å². The van der Waals surface area contributed by atoms with Crippen LogP contribution >= 0.6 is 39.1 Å². The number of hydrogen-bond acceptors (Lipinski definition) is 4. The van der Waals surface area contributed by atoms with Gasteiger partial charge in [-0.15, -0.1) is 0 Å². The molecule has 0 aromatic heterocycles. The number of carbonyl (C=O) groups is 2. The van der Waals surface area contributed by atoms with Gasteiger partial charge in [0, 0.05) is 28.5 Å². The molecule has 1 N–H and O–H groups in total. The molecule has 0 fully saturated rings. The second-order valence-electron chi connectivity index (χ2n) is 10.6. The topological polar surface area (TPSA) is 86.8 Å². The molecular weight excluding hydrogens is 697 g/mol. The van der Waals surface area contributed by atoms with E-state index in [-0.39, 0.29) is 45.5 Å². The quantitative estimate of drug-likeness (QED) is 0.154. The van der Waals surface area contributed by atoms with Crippen LogP contribution in [-0.4, -0.2) is 43.8 Å². The molecule has 4 rings (SSSR count). The minimum absolute atomic E-state index is 0.0252. The molecule has 0 spiro atoms. The highest BCUT2D eigenvalue weighted by atomic mass is 79.9. The van der Waals surface area contributed by atoms with Crippen molar-refractivity contribution in [3.8, 4) is 0 Å². The van der Waals surface area contributed by atoms with Crippen LogP contribution in [0.5, 0.6) is 0 Å². The van der Waals surface area contributed by atoms with Crippen LogP contribution in [0.25, 0.3) is 0 Å². The third-order valence-electron chi connectivity index (χ3n) is 7.30. The van der Waals surface area contributed by atoms with Gasteiger partial charge in [0.15, 0.2) is 0 Å². The Kier molecular flexibility index (Phi) is 12.1. The van der Waals surface area contributed by atoms with Crippen molar-refractivity contribution in [2.24, 2.45) is 0 Å². The normalized spacial score (nSPS) is 12.6. The molecule has 45 heavy (non-hydrogen) atoms. The molecular formula is C34H34BrCl2N3O4S. The highest BCUT2D eigenvalue weighted by Crippen LogP contribution is 2.33. The Labute approximate surface area is 283 Å². The van der Waals surface area contributed by atoms with Crippen molar-refractivity contribution in [3.05, 3.63) is 129 Å². The first-order valence-corrected chi connectivity index (χ1v) is 17.4. The van der Waals surface area contributed by atoms with E-state index < -0.39 is 28.5 Å². The van der Waals surface area contributed by atoms with E-state index in [1.165, 1.54) is 35.2 Å². The van der Waals surface area contributed by atoms with Crippen molar-refractivity contribution in [3.63, 3.8) is 0 Å². The summed E-state index contributed by atoms with van der Waals surface area (Å²) in [5.74, 6) is -0.930. The molecule has 0 heterocycles. The summed E-state index contributed by atoms with van der Waals surface area (Å²) < 4.78 is 30.0. The third kappa shape index (κ3) is 9.10. The van der Waals surface area contributed by atoms with E-state index in [9.17, 15) is 18.0 Å². The number of hydrogen-bond donors (Lipinski definition) is 1. The maximum Gasteiger partial charge on any atom is 0.264 e. The van der Waals surface area contributed by atoms with Gasteiger partial charge in [0.1, 0.15) is 12.6 Å². The number of nitrogens with zero attached hydrogens (tertiary/aromatic N) is 2. The smallest absolute Gasteiger partial charge is 0.264 e. The molecule has 2 amide bonds. The van der Waals surface area contributed by atoms with Crippen molar-refractivity contribution in [2.75, 3.05) is 10.8 Å². The molecule has 2 unspecified atom stereocenters. The summed E-state index contributed by atoms with van der Waals surface area (Å²) >= 11 is 16.3. The molecule has 0 aliphatic heterocycles. The third-order valence-corrected chi connectivity index (χ3v) is 10.1. The lowest BCUT2D eigenvalue weighted by molar-refractivity contribution is -0.140. The lowest BCUT2D eigenvalue weighted by Gasteiger charge is -2.34. The van der Waals surface area contributed by atoms with Crippen LogP contribution in [0.2, 0.25) is 10.0 Å². The summed E-state index contributed by atoms with van der Waals surface area (Å²) in [5, 5.41) is 3.37. The number of benzene rings is 4. The maximum absolute atomic E-state index is 14.5. The fourth-order valence-electron chi connectivity index (χ4n) is 4.74. The first-order chi connectivity index (χ1) is 21.5. The molecule has 4 aromatic carbocycles. The minimum Gasteiger partial charge on any atom is -0.352 e. The highest BCUT2D eigenvalue weighted by Gasteiger charge is 2.35. The molecule has 0 radical (unpaired) electrons. The van der Waals surface area contributed by atoms with Gasteiger partial charge in [-0.05, 0) is 66.9 Å².